The largest absolute Gasteiger partial charge is 0.379 e. The van der Waals surface area contributed by atoms with E-state index in [2.05, 4.69) is 4.90 Å². The van der Waals surface area contributed by atoms with Crippen molar-refractivity contribution in [1.82, 2.24) is 19.6 Å². The number of amides is 3. The van der Waals surface area contributed by atoms with Crippen molar-refractivity contribution in [1.29, 1.82) is 0 Å². The number of piperazine rings is 1. The number of carbonyl (C=O) groups is 3. The smallest absolute Gasteiger partial charge is 0.254 e. The van der Waals surface area contributed by atoms with Gasteiger partial charge in [0.15, 0.2) is 0 Å². The fraction of sp³-hybridized carbons (Fsp3) is 0.550. The molecule has 0 aromatic heterocycles. The first-order chi connectivity index (χ1) is 13.5. The first kappa shape index (κ1) is 20.3. The molecule has 0 N–H and O–H groups in total. The zero-order chi connectivity index (χ0) is 19.9. The zero-order valence-electron chi connectivity index (χ0n) is 16.4. The molecule has 2 heterocycles. The summed E-state index contributed by atoms with van der Waals surface area (Å²) >= 11 is 0. The maximum absolute atomic E-state index is 12.5. The van der Waals surface area contributed by atoms with Crippen LogP contribution in [0, 0.1) is 0 Å². The lowest BCUT2D eigenvalue weighted by Gasteiger charge is -2.36. The molecule has 0 saturated carbocycles. The van der Waals surface area contributed by atoms with Crippen LogP contribution in [-0.2, 0) is 14.3 Å². The van der Waals surface area contributed by atoms with Gasteiger partial charge in [0.05, 0.1) is 26.3 Å². The molecule has 152 valence electrons. The maximum Gasteiger partial charge on any atom is 0.254 e. The maximum atomic E-state index is 12.5. The molecule has 2 saturated heterocycles. The van der Waals surface area contributed by atoms with E-state index in [0.717, 1.165) is 13.1 Å². The van der Waals surface area contributed by atoms with Crippen molar-refractivity contribution in [2.45, 2.75) is 0 Å². The summed E-state index contributed by atoms with van der Waals surface area (Å²) in [6.07, 6.45) is 0. The minimum absolute atomic E-state index is 0.0372. The predicted octanol–water partition coefficient (Wildman–Crippen LogP) is -0.238. The van der Waals surface area contributed by atoms with E-state index in [4.69, 9.17) is 4.74 Å². The van der Waals surface area contributed by atoms with Crippen LogP contribution in [0.5, 0.6) is 0 Å². The van der Waals surface area contributed by atoms with Gasteiger partial charge >= 0.3 is 0 Å². The lowest BCUT2D eigenvalue weighted by Crippen LogP contribution is -2.54. The van der Waals surface area contributed by atoms with Gasteiger partial charge in [0.2, 0.25) is 11.8 Å². The Bertz CT molecular complexity index is 683. The van der Waals surface area contributed by atoms with Crippen LogP contribution >= 0.6 is 0 Å². The number of morpholine rings is 1. The normalized spacial score (nSPS) is 18.0. The Labute approximate surface area is 165 Å². The van der Waals surface area contributed by atoms with E-state index in [1.807, 2.05) is 11.0 Å². The number of benzene rings is 1. The van der Waals surface area contributed by atoms with Gasteiger partial charge in [0, 0.05) is 51.9 Å². The molecular formula is C20H28N4O4. The summed E-state index contributed by atoms with van der Waals surface area (Å²) in [4.78, 5) is 44.5. The molecule has 0 spiro atoms. The summed E-state index contributed by atoms with van der Waals surface area (Å²) in [5.41, 5.74) is 0.566. The van der Waals surface area contributed by atoms with Crippen molar-refractivity contribution >= 4 is 17.7 Å². The van der Waals surface area contributed by atoms with Gasteiger partial charge in [-0.15, -0.1) is 0 Å². The predicted molar refractivity (Wildman–Crippen MR) is 104 cm³/mol. The third kappa shape index (κ3) is 5.30. The Kier molecular flexibility index (Phi) is 7.00. The van der Waals surface area contributed by atoms with Gasteiger partial charge in [-0.25, -0.2) is 0 Å². The molecule has 3 amide bonds. The fourth-order valence-electron chi connectivity index (χ4n) is 3.43. The second-order valence-electron chi connectivity index (χ2n) is 7.18. The van der Waals surface area contributed by atoms with Gasteiger partial charge in [-0.2, -0.15) is 0 Å². The van der Waals surface area contributed by atoms with Crippen molar-refractivity contribution in [2.75, 3.05) is 72.6 Å². The van der Waals surface area contributed by atoms with Gasteiger partial charge < -0.3 is 19.4 Å². The molecule has 1 aromatic carbocycles. The molecule has 2 aliphatic rings. The zero-order valence-corrected chi connectivity index (χ0v) is 16.4. The van der Waals surface area contributed by atoms with E-state index >= 15 is 0 Å². The molecule has 8 nitrogen and oxygen atoms in total. The number of rotatable bonds is 5. The summed E-state index contributed by atoms with van der Waals surface area (Å²) in [6, 6.07) is 8.93. The second kappa shape index (κ2) is 9.66. The van der Waals surface area contributed by atoms with Gasteiger partial charge in [-0.05, 0) is 12.1 Å². The molecule has 0 atom stereocenters. The van der Waals surface area contributed by atoms with E-state index < -0.39 is 0 Å². The van der Waals surface area contributed by atoms with Crippen LogP contribution in [0.25, 0.3) is 0 Å². The summed E-state index contributed by atoms with van der Waals surface area (Å²) in [6.45, 7) is 5.42. The Morgan fingerprint density at radius 3 is 2.07 bits per heavy atom. The second-order valence-corrected chi connectivity index (χ2v) is 7.18. The van der Waals surface area contributed by atoms with Crippen molar-refractivity contribution in [3.8, 4) is 0 Å². The highest BCUT2D eigenvalue weighted by molar-refractivity contribution is 5.96. The minimum Gasteiger partial charge on any atom is -0.379 e. The van der Waals surface area contributed by atoms with Crippen molar-refractivity contribution < 1.29 is 19.1 Å². The van der Waals surface area contributed by atoms with Crippen LogP contribution in [0.1, 0.15) is 10.4 Å². The van der Waals surface area contributed by atoms with E-state index in [0.29, 0.717) is 51.5 Å². The summed E-state index contributed by atoms with van der Waals surface area (Å²) in [7, 11) is 1.63. The van der Waals surface area contributed by atoms with E-state index in [-0.39, 0.29) is 24.3 Å². The Morgan fingerprint density at radius 2 is 1.46 bits per heavy atom. The van der Waals surface area contributed by atoms with Gasteiger partial charge in [-0.3, -0.25) is 19.3 Å². The number of hydrogen-bond acceptors (Lipinski definition) is 5. The molecule has 2 aliphatic heterocycles. The van der Waals surface area contributed by atoms with Gasteiger partial charge in [-0.1, -0.05) is 18.2 Å². The molecule has 3 rings (SSSR count). The molecule has 0 unspecified atom stereocenters. The van der Waals surface area contributed by atoms with Gasteiger partial charge in [0.1, 0.15) is 0 Å². The highest BCUT2D eigenvalue weighted by Crippen LogP contribution is 2.07. The fourth-order valence-corrected chi connectivity index (χ4v) is 3.43. The molecule has 0 radical (unpaired) electrons. The minimum atomic E-state index is -0.173. The van der Waals surface area contributed by atoms with Crippen LogP contribution in [-0.4, -0.2) is 110 Å². The Hall–Kier alpha value is -2.45. The lowest BCUT2D eigenvalue weighted by atomic mass is 10.2. The lowest BCUT2D eigenvalue weighted by molar-refractivity contribution is -0.141. The van der Waals surface area contributed by atoms with Crippen LogP contribution in [0.15, 0.2) is 30.3 Å². The average molecular weight is 388 g/mol. The SMILES string of the molecule is CN(CC(=O)N1CCN(C(=O)CN2CCOCC2)CC1)C(=O)c1ccccc1. The number of hydrogen-bond donors (Lipinski definition) is 0. The van der Waals surface area contributed by atoms with Crippen LogP contribution in [0.3, 0.4) is 0 Å². The van der Waals surface area contributed by atoms with Crippen molar-refractivity contribution in [3.63, 3.8) is 0 Å². The van der Waals surface area contributed by atoms with Crippen LogP contribution in [0.2, 0.25) is 0 Å². The first-order valence-corrected chi connectivity index (χ1v) is 9.71. The number of nitrogens with zero attached hydrogens (tertiary/aromatic N) is 4. The Morgan fingerprint density at radius 1 is 0.893 bits per heavy atom. The third-order valence-electron chi connectivity index (χ3n) is 5.19. The molecular weight excluding hydrogens is 360 g/mol. The molecule has 0 aliphatic carbocycles. The summed E-state index contributed by atoms with van der Waals surface area (Å²) < 4.78 is 5.31. The van der Waals surface area contributed by atoms with Crippen molar-refractivity contribution in [2.24, 2.45) is 0 Å². The van der Waals surface area contributed by atoms with Crippen molar-refractivity contribution in [3.05, 3.63) is 35.9 Å². The monoisotopic (exact) mass is 388 g/mol. The number of likely N-dealkylation sites (N-methyl/N-ethyl adjacent to an activating group) is 1. The van der Waals surface area contributed by atoms with Crippen LogP contribution < -0.4 is 0 Å². The topological polar surface area (TPSA) is 73.4 Å². The molecule has 28 heavy (non-hydrogen) atoms. The molecule has 0 bridgehead atoms. The average Bonchev–Trinajstić information content (AvgIpc) is 2.74. The van der Waals surface area contributed by atoms with E-state index in [9.17, 15) is 14.4 Å². The third-order valence-corrected chi connectivity index (χ3v) is 5.19. The molecule has 2 fully saturated rings. The number of ether oxygens (including phenoxy) is 1. The first-order valence-electron chi connectivity index (χ1n) is 9.71. The molecule has 1 aromatic rings. The highest BCUT2D eigenvalue weighted by Gasteiger charge is 2.26. The highest BCUT2D eigenvalue weighted by atomic mass is 16.5. The van der Waals surface area contributed by atoms with Gasteiger partial charge in [0.25, 0.3) is 5.91 Å². The Balaban J connectivity index is 1.43. The number of carbonyl (C=O) groups excluding carboxylic acids is 3. The van der Waals surface area contributed by atoms with Crippen LogP contribution in [0.4, 0.5) is 0 Å². The quantitative estimate of drug-likeness (QED) is 0.696. The summed E-state index contributed by atoms with van der Waals surface area (Å²) in [5, 5.41) is 0. The standard InChI is InChI=1S/C20H28N4O4/c1-21(20(27)17-5-3-2-4-6-17)15-18(25)23-7-9-24(10-8-23)19(26)16-22-11-13-28-14-12-22/h2-6H,7-16H2,1H3. The molecule has 8 heteroatoms. The summed E-state index contributed by atoms with van der Waals surface area (Å²) in [5.74, 6) is -0.161. The van der Waals surface area contributed by atoms with E-state index in [1.54, 1.807) is 36.2 Å². The van der Waals surface area contributed by atoms with E-state index in [1.165, 1.54) is 4.90 Å².